The molecule has 1 saturated heterocycles. The van der Waals surface area contributed by atoms with Gasteiger partial charge in [0.25, 0.3) is 5.91 Å². The standard InChI is InChI=1S/C22H24N2O4S/c1-13-21(25)23-17-11-14(6-9-20(17)29-13)22(26)24-10-4-5-18(24)16-8-7-15(27-2)12-19(16)28-3/h6-9,11-13,18H,4-5,10H2,1-3H3,(H,23,25). The molecule has 0 bridgehead atoms. The van der Waals surface area contributed by atoms with Crippen molar-refractivity contribution in [3.05, 3.63) is 47.5 Å². The number of hydrogen-bond donors (Lipinski definition) is 1. The molecule has 1 N–H and O–H groups in total. The molecule has 1 fully saturated rings. The fourth-order valence-corrected chi connectivity index (χ4v) is 4.86. The molecule has 152 valence electrons. The van der Waals surface area contributed by atoms with E-state index in [9.17, 15) is 9.59 Å². The maximum Gasteiger partial charge on any atom is 0.254 e. The molecule has 2 aromatic carbocycles. The number of carbonyl (C=O) groups is 2. The summed E-state index contributed by atoms with van der Waals surface area (Å²) < 4.78 is 10.9. The van der Waals surface area contributed by atoms with Crippen molar-refractivity contribution < 1.29 is 19.1 Å². The van der Waals surface area contributed by atoms with Gasteiger partial charge in [-0.05, 0) is 50.1 Å². The first-order valence-electron chi connectivity index (χ1n) is 9.66. The van der Waals surface area contributed by atoms with Crippen LogP contribution in [0.2, 0.25) is 0 Å². The van der Waals surface area contributed by atoms with Gasteiger partial charge in [0, 0.05) is 28.6 Å². The third-order valence-electron chi connectivity index (χ3n) is 5.47. The highest BCUT2D eigenvalue weighted by molar-refractivity contribution is 8.00. The van der Waals surface area contributed by atoms with Crippen LogP contribution in [0.5, 0.6) is 11.5 Å². The Hall–Kier alpha value is -2.67. The highest BCUT2D eigenvalue weighted by Gasteiger charge is 2.33. The summed E-state index contributed by atoms with van der Waals surface area (Å²) in [5, 5.41) is 2.77. The van der Waals surface area contributed by atoms with Crippen molar-refractivity contribution in [3.63, 3.8) is 0 Å². The number of thioether (sulfide) groups is 1. The molecule has 0 aliphatic carbocycles. The maximum atomic E-state index is 13.3. The number of fused-ring (bicyclic) bond motifs is 1. The normalized spacial score (nSPS) is 20.8. The van der Waals surface area contributed by atoms with E-state index in [1.165, 1.54) is 11.8 Å². The van der Waals surface area contributed by atoms with E-state index >= 15 is 0 Å². The summed E-state index contributed by atoms with van der Waals surface area (Å²) in [5.41, 5.74) is 2.27. The van der Waals surface area contributed by atoms with Gasteiger partial charge in [0.05, 0.1) is 31.2 Å². The second-order valence-electron chi connectivity index (χ2n) is 7.22. The first-order valence-corrected chi connectivity index (χ1v) is 10.5. The topological polar surface area (TPSA) is 67.9 Å². The second-order valence-corrected chi connectivity index (χ2v) is 8.61. The number of likely N-dealkylation sites (tertiary alicyclic amines) is 1. The Morgan fingerprint density at radius 1 is 1.17 bits per heavy atom. The molecule has 7 heteroatoms. The van der Waals surface area contributed by atoms with Crippen molar-refractivity contribution in [2.75, 3.05) is 26.1 Å². The summed E-state index contributed by atoms with van der Waals surface area (Å²) in [5.74, 6) is 1.37. The number of hydrogen-bond acceptors (Lipinski definition) is 5. The zero-order chi connectivity index (χ0) is 20.5. The highest BCUT2D eigenvalue weighted by Crippen LogP contribution is 2.40. The van der Waals surface area contributed by atoms with E-state index in [2.05, 4.69) is 5.32 Å². The summed E-state index contributed by atoms with van der Waals surface area (Å²) in [6.45, 7) is 2.56. The minimum Gasteiger partial charge on any atom is -0.497 e. The smallest absolute Gasteiger partial charge is 0.254 e. The molecule has 0 aromatic heterocycles. The largest absolute Gasteiger partial charge is 0.497 e. The molecule has 2 aliphatic rings. The van der Waals surface area contributed by atoms with Crippen LogP contribution in [0.4, 0.5) is 5.69 Å². The zero-order valence-electron chi connectivity index (χ0n) is 16.7. The number of methoxy groups -OCH3 is 2. The van der Waals surface area contributed by atoms with Crippen LogP contribution in [0.1, 0.15) is 41.7 Å². The lowest BCUT2D eigenvalue weighted by Crippen LogP contribution is -2.31. The SMILES string of the molecule is COc1ccc(C2CCCN2C(=O)c2ccc3c(c2)NC(=O)C(C)S3)c(OC)c1. The van der Waals surface area contributed by atoms with Gasteiger partial charge < -0.3 is 19.7 Å². The number of carbonyl (C=O) groups excluding carboxylic acids is 2. The van der Waals surface area contributed by atoms with Gasteiger partial charge in [0.2, 0.25) is 5.91 Å². The van der Waals surface area contributed by atoms with Gasteiger partial charge in [-0.25, -0.2) is 0 Å². The molecule has 2 unspecified atom stereocenters. The minimum atomic E-state index is -0.130. The van der Waals surface area contributed by atoms with Crippen molar-refractivity contribution in [2.24, 2.45) is 0 Å². The van der Waals surface area contributed by atoms with Gasteiger partial charge >= 0.3 is 0 Å². The summed E-state index contributed by atoms with van der Waals surface area (Å²) in [7, 11) is 3.25. The summed E-state index contributed by atoms with van der Waals surface area (Å²) in [4.78, 5) is 28.2. The van der Waals surface area contributed by atoms with E-state index in [0.717, 1.165) is 34.8 Å². The minimum absolute atomic E-state index is 0.0332. The Balaban J connectivity index is 1.62. The molecule has 2 aromatic rings. The number of amides is 2. The number of ether oxygens (including phenoxy) is 2. The maximum absolute atomic E-state index is 13.3. The van der Waals surface area contributed by atoms with E-state index in [1.54, 1.807) is 20.3 Å². The Bertz CT molecular complexity index is 962. The molecule has 0 radical (unpaired) electrons. The number of nitrogens with zero attached hydrogens (tertiary/aromatic N) is 1. The zero-order valence-corrected chi connectivity index (χ0v) is 17.5. The average molecular weight is 413 g/mol. The second kappa shape index (κ2) is 7.99. The third kappa shape index (κ3) is 3.67. The Kier molecular flexibility index (Phi) is 5.41. The summed E-state index contributed by atoms with van der Waals surface area (Å²) in [6, 6.07) is 11.2. The Labute approximate surface area is 174 Å². The lowest BCUT2D eigenvalue weighted by Gasteiger charge is -2.27. The van der Waals surface area contributed by atoms with Gasteiger partial charge in [-0.2, -0.15) is 0 Å². The van der Waals surface area contributed by atoms with Gasteiger partial charge in [0.15, 0.2) is 0 Å². The molecule has 2 atom stereocenters. The van der Waals surface area contributed by atoms with Gasteiger partial charge in [0.1, 0.15) is 11.5 Å². The predicted molar refractivity (Wildman–Crippen MR) is 113 cm³/mol. The van der Waals surface area contributed by atoms with Crippen LogP contribution in [-0.4, -0.2) is 42.7 Å². The molecule has 4 rings (SSSR count). The molecular weight excluding hydrogens is 388 g/mol. The first kappa shape index (κ1) is 19.6. The number of nitrogens with one attached hydrogen (secondary N) is 1. The van der Waals surface area contributed by atoms with Crippen molar-refractivity contribution >= 4 is 29.3 Å². The van der Waals surface area contributed by atoms with Crippen molar-refractivity contribution in [1.29, 1.82) is 0 Å². The van der Waals surface area contributed by atoms with E-state index in [0.29, 0.717) is 17.8 Å². The third-order valence-corrected chi connectivity index (χ3v) is 6.65. The quantitative estimate of drug-likeness (QED) is 0.818. The number of rotatable bonds is 4. The molecule has 6 nitrogen and oxygen atoms in total. The van der Waals surface area contributed by atoms with Crippen molar-refractivity contribution in [1.82, 2.24) is 4.90 Å². The molecule has 2 heterocycles. The Morgan fingerprint density at radius 3 is 2.76 bits per heavy atom. The van der Waals surface area contributed by atoms with Crippen LogP contribution in [0.15, 0.2) is 41.3 Å². The van der Waals surface area contributed by atoms with E-state index in [-0.39, 0.29) is 23.1 Å². The lowest BCUT2D eigenvalue weighted by molar-refractivity contribution is -0.115. The first-order chi connectivity index (χ1) is 14.0. The van der Waals surface area contributed by atoms with Crippen LogP contribution < -0.4 is 14.8 Å². The van der Waals surface area contributed by atoms with Gasteiger partial charge in [-0.3, -0.25) is 9.59 Å². The Morgan fingerprint density at radius 2 is 2.00 bits per heavy atom. The molecule has 2 amide bonds. The number of anilines is 1. The van der Waals surface area contributed by atoms with E-state index < -0.39 is 0 Å². The summed E-state index contributed by atoms with van der Waals surface area (Å²) >= 11 is 1.51. The van der Waals surface area contributed by atoms with Gasteiger partial charge in [-0.1, -0.05) is 0 Å². The highest BCUT2D eigenvalue weighted by atomic mass is 32.2. The monoisotopic (exact) mass is 412 g/mol. The fraction of sp³-hybridized carbons (Fsp3) is 0.364. The van der Waals surface area contributed by atoms with Gasteiger partial charge in [-0.15, -0.1) is 11.8 Å². The van der Waals surface area contributed by atoms with Crippen LogP contribution in [0.25, 0.3) is 0 Å². The van der Waals surface area contributed by atoms with Crippen molar-refractivity contribution in [3.8, 4) is 11.5 Å². The molecular formula is C22H24N2O4S. The van der Waals surface area contributed by atoms with Crippen molar-refractivity contribution in [2.45, 2.75) is 36.0 Å². The van der Waals surface area contributed by atoms with E-state index in [4.69, 9.17) is 9.47 Å². The molecule has 29 heavy (non-hydrogen) atoms. The van der Waals surface area contributed by atoms with Crippen LogP contribution in [0.3, 0.4) is 0 Å². The van der Waals surface area contributed by atoms with Crippen LogP contribution >= 0.6 is 11.8 Å². The fourth-order valence-electron chi connectivity index (χ4n) is 3.93. The predicted octanol–water partition coefficient (Wildman–Crippen LogP) is 4.11. The number of benzene rings is 2. The van der Waals surface area contributed by atoms with E-state index in [1.807, 2.05) is 42.2 Å². The molecule has 2 aliphatic heterocycles. The molecule has 0 saturated carbocycles. The lowest BCUT2D eigenvalue weighted by atomic mass is 10.0. The van der Waals surface area contributed by atoms with Crippen LogP contribution in [0, 0.1) is 0 Å². The molecule has 0 spiro atoms. The average Bonchev–Trinajstić information content (AvgIpc) is 3.22. The van der Waals surface area contributed by atoms with Crippen LogP contribution in [-0.2, 0) is 4.79 Å². The summed E-state index contributed by atoms with van der Waals surface area (Å²) in [6.07, 6.45) is 1.81.